The summed E-state index contributed by atoms with van der Waals surface area (Å²) in [5.41, 5.74) is 0.985. The summed E-state index contributed by atoms with van der Waals surface area (Å²) in [6.07, 6.45) is 0.321. The number of alkyl halides is 2. The molecule has 0 aliphatic carbocycles. The first-order valence-corrected chi connectivity index (χ1v) is 7.79. The molecule has 0 unspecified atom stereocenters. The molecule has 0 radical (unpaired) electrons. The van der Waals surface area contributed by atoms with Crippen LogP contribution in [0, 0.1) is 6.07 Å². The van der Waals surface area contributed by atoms with Crippen LogP contribution in [0.5, 0.6) is 0 Å². The Kier molecular flexibility index (Phi) is 7.60. The fourth-order valence-electron chi connectivity index (χ4n) is 2.92. The molecule has 26 heavy (non-hydrogen) atoms. The van der Waals surface area contributed by atoms with Gasteiger partial charge in [-0.3, -0.25) is 14.6 Å². The molecule has 1 aliphatic rings. The van der Waals surface area contributed by atoms with Crippen LogP contribution < -0.4 is 79.5 Å². The van der Waals surface area contributed by atoms with E-state index in [1.807, 2.05) is 0 Å². The van der Waals surface area contributed by atoms with Gasteiger partial charge in [-0.05, 0) is 24.2 Å². The third-order valence-electron chi connectivity index (χ3n) is 4.15. The summed E-state index contributed by atoms with van der Waals surface area (Å²) >= 11 is 0. The first-order valence-electron chi connectivity index (χ1n) is 7.79. The number of benzene rings is 1. The Morgan fingerprint density at radius 3 is 2.92 bits per heavy atom. The molecule has 1 saturated heterocycles. The number of nitrogens with zero attached hydrogens (tertiary/aromatic N) is 2. The number of fused-ring (bicyclic) bond motifs is 1. The number of halogens is 2. The van der Waals surface area contributed by atoms with E-state index in [-0.39, 0.29) is 75.4 Å². The average molecular weight is 480 g/mol. The van der Waals surface area contributed by atoms with Crippen LogP contribution in [-0.4, -0.2) is 53.9 Å². The molecule has 2 aromatic rings. The normalized spacial score (nSPS) is 18.4. The minimum atomic E-state index is -2.93. The number of hydrogen-bond acceptors (Lipinski definition) is 4. The third kappa shape index (κ3) is 4.83. The summed E-state index contributed by atoms with van der Waals surface area (Å²) < 4.78 is 27.0. The van der Waals surface area contributed by atoms with Crippen molar-refractivity contribution < 1.29 is 87.3 Å². The van der Waals surface area contributed by atoms with E-state index in [1.165, 1.54) is 19.3 Å². The van der Waals surface area contributed by atoms with E-state index < -0.39 is 36.9 Å². The number of nitrogens with one attached hydrogen (secondary N) is 2. The van der Waals surface area contributed by atoms with Gasteiger partial charge in [0.25, 0.3) is 5.92 Å². The smallest absolute Gasteiger partial charge is 0.344 e. The van der Waals surface area contributed by atoms with Crippen molar-refractivity contribution in [3.63, 3.8) is 0 Å². The SMILES string of the molecule is CN[C@@H]1CC(F)(F)CN1C(=O)CNC(=O)c1ccnc2cc[c-]cc12.[Cs+]. The van der Waals surface area contributed by atoms with E-state index in [2.05, 4.69) is 21.7 Å². The number of carbonyl (C=O) groups excluding carboxylic acids is 2. The molecule has 1 atom stereocenters. The van der Waals surface area contributed by atoms with Crippen molar-refractivity contribution in [2.45, 2.75) is 18.5 Å². The molecule has 0 bridgehead atoms. The Morgan fingerprint density at radius 2 is 2.19 bits per heavy atom. The van der Waals surface area contributed by atoms with Gasteiger partial charge in [-0.15, -0.1) is 6.07 Å². The van der Waals surface area contributed by atoms with E-state index >= 15 is 0 Å². The molecule has 2 amide bonds. The summed E-state index contributed by atoms with van der Waals surface area (Å²) in [5.74, 6) is -3.95. The van der Waals surface area contributed by atoms with Crippen molar-refractivity contribution in [2.24, 2.45) is 0 Å². The summed E-state index contributed by atoms with van der Waals surface area (Å²) in [6.45, 7) is -1.01. The second-order valence-electron chi connectivity index (χ2n) is 5.87. The first kappa shape index (κ1) is 21.7. The van der Waals surface area contributed by atoms with Crippen LogP contribution in [0.4, 0.5) is 8.78 Å². The zero-order valence-electron chi connectivity index (χ0n) is 14.6. The maximum atomic E-state index is 13.5. The third-order valence-corrected chi connectivity index (χ3v) is 4.15. The van der Waals surface area contributed by atoms with Gasteiger partial charge < -0.3 is 15.5 Å². The number of likely N-dealkylation sites (tertiary alicyclic amines) is 1. The summed E-state index contributed by atoms with van der Waals surface area (Å²) in [5, 5.41) is 5.80. The zero-order valence-corrected chi connectivity index (χ0v) is 20.8. The van der Waals surface area contributed by atoms with E-state index in [0.29, 0.717) is 16.5 Å². The van der Waals surface area contributed by atoms with Gasteiger partial charge >= 0.3 is 68.9 Å². The minimum Gasteiger partial charge on any atom is -0.344 e. The number of rotatable bonds is 4. The van der Waals surface area contributed by atoms with Crippen LogP contribution in [0.3, 0.4) is 0 Å². The second kappa shape index (κ2) is 9.09. The monoisotopic (exact) mass is 480 g/mol. The van der Waals surface area contributed by atoms with Gasteiger partial charge in [0.1, 0.15) is 0 Å². The van der Waals surface area contributed by atoms with Gasteiger partial charge in [0.2, 0.25) is 11.8 Å². The van der Waals surface area contributed by atoms with Crippen LogP contribution in [0.1, 0.15) is 16.8 Å². The van der Waals surface area contributed by atoms with Crippen molar-refractivity contribution in [2.75, 3.05) is 20.1 Å². The molecule has 0 saturated carbocycles. The van der Waals surface area contributed by atoms with E-state index in [4.69, 9.17) is 0 Å². The Balaban J connectivity index is 0.00000243. The summed E-state index contributed by atoms with van der Waals surface area (Å²) in [7, 11) is 1.52. The Hall–Kier alpha value is -0.558. The molecule has 0 spiro atoms. The van der Waals surface area contributed by atoms with Crippen LogP contribution in [0.25, 0.3) is 10.9 Å². The number of amides is 2. The van der Waals surface area contributed by atoms with Gasteiger partial charge in [0.15, 0.2) is 0 Å². The van der Waals surface area contributed by atoms with Crippen molar-refractivity contribution >= 4 is 22.7 Å². The Morgan fingerprint density at radius 1 is 1.42 bits per heavy atom. The fourth-order valence-corrected chi connectivity index (χ4v) is 2.92. The van der Waals surface area contributed by atoms with Crippen LogP contribution >= 0.6 is 0 Å². The van der Waals surface area contributed by atoms with Crippen molar-refractivity contribution in [1.82, 2.24) is 20.5 Å². The maximum absolute atomic E-state index is 13.5. The first-order chi connectivity index (χ1) is 11.9. The van der Waals surface area contributed by atoms with Crippen LogP contribution in [0.15, 0.2) is 30.5 Å². The molecule has 3 rings (SSSR count). The molecule has 9 heteroatoms. The van der Waals surface area contributed by atoms with Gasteiger partial charge in [-0.25, -0.2) is 8.78 Å². The number of aromatic nitrogens is 1. The fraction of sp³-hybridized carbons (Fsp3) is 0.353. The predicted molar refractivity (Wildman–Crippen MR) is 87.0 cm³/mol. The van der Waals surface area contributed by atoms with Crippen molar-refractivity contribution in [1.29, 1.82) is 0 Å². The quantitative estimate of drug-likeness (QED) is 0.506. The maximum Gasteiger partial charge on any atom is 1.00 e. The number of pyridine rings is 1. The minimum absolute atomic E-state index is 0. The molecular formula is C17H17CsF2N4O2. The Bertz CT molecular complexity index is 813. The summed E-state index contributed by atoms with van der Waals surface area (Å²) in [6, 6.07) is 9.46. The zero-order chi connectivity index (χ0) is 18.0. The standard InChI is InChI=1S/C17H17F2N4O2.Cs/c1-20-14-8-17(18,19)10-23(14)15(24)9-22-16(25)12-6-7-21-13-5-3-2-4-11(12)13;/h3-7,14,20H,8-10H2,1H3,(H,22,25);/q-1;+1/t14-;/m0./s1. The molecule has 6 nitrogen and oxygen atoms in total. The summed E-state index contributed by atoms with van der Waals surface area (Å²) in [4.78, 5) is 29.8. The van der Waals surface area contributed by atoms with E-state index in [9.17, 15) is 18.4 Å². The van der Waals surface area contributed by atoms with E-state index in [0.717, 1.165) is 4.90 Å². The molecule has 2 N–H and O–H groups in total. The molecule has 2 heterocycles. The topological polar surface area (TPSA) is 74.3 Å². The number of carbonyl (C=O) groups is 2. The molecular weight excluding hydrogens is 463 g/mol. The number of hydrogen-bond donors (Lipinski definition) is 2. The van der Waals surface area contributed by atoms with Crippen molar-refractivity contribution in [3.05, 3.63) is 42.1 Å². The predicted octanol–water partition coefficient (Wildman–Crippen LogP) is -1.82. The molecule has 1 aliphatic heterocycles. The molecule has 1 aromatic carbocycles. The average Bonchev–Trinajstić information content (AvgIpc) is 2.93. The molecule has 1 fully saturated rings. The van der Waals surface area contributed by atoms with E-state index in [1.54, 1.807) is 18.2 Å². The van der Waals surface area contributed by atoms with Gasteiger partial charge in [-0.2, -0.15) is 18.2 Å². The van der Waals surface area contributed by atoms with Gasteiger partial charge in [0, 0.05) is 12.6 Å². The van der Waals surface area contributed by atoms with Crippen molar-refractivity contribution in [3.8, 4) is 0 Å². The largest absolute Gasteiger partial charge is 1.00 e. The molecule has 1 aromatic heterocycles. The van der Waals surface area contributed by atoms with Crippen LogP contribution in [-0.2, 0) is 4.79 Å². The Labute approximate surface area is 208 Å². The van der Waals surface area contributed by atoms with Gasteiger partial charge in [-0.1, -0.05) is 5.39 Å². The van der Waals surface area contributed by atoms with Gasteiger partial charge in [0.05, 0.1) is 19.3 Å². The van der Waals surface area contributed by atoms with Crippen LogP contribution in [0.2, 0.25) is 0 Å². The second-order valence-corrected chi connectivity index (χ2v) is 5.87. The molecule has 132 valence electrons.